The number of hydrogen-bond acceptors (Lipinski definition) is 5. The second kappa shape index (κ2) is 11.1. The number of carbonyl (C=O) groups excluding carboxylic acids is 1. The second-order valence-corrected chi connectivity index (χ2v) is 10.9. The van der Waals surface area contributed by atoms with Crippen molar-refractivity contribution in [3.05, 3.63) is 104 Å². The molecule has 0 bridgehead atoms. The van der Waals surface area contributed by atoms with Crippen LogP contribution in [0.25, 0.3) is 11.3 Å². The van der Waals surface area contributed by atoms with E-state index in [1.807, 2.05) is 58.8 Å². The van der Waals surface area contributed by atoms with Crippen LogP contribution in [0, 0.1) is 0 Å². The Morgan fingerprint density at radius 2 is 1.61 bits per heavy atom. The normalized spacial score (nSPS) is 15.9. The van der Waals surface area contributed by atoms with Crippen molar-refractivity contribution in [2.24, 2.45) is 0 Å². The van der Waals surface area contributed by atoms with Gasteiger partial charge in [0, 0.05) is 49.7 Å². The molecule has 0 spiro atoms. The third-order valence-electron chi connectivity index (χ3n) is 7.53. The zero-order chi connectivity index (χ0) is 25.9. The van der Waals surface area contributed by atoms with E-state index in [0.717, 1.165) is 30.0 Å². The van der Waals surface area contributed by atoms with Gasteiger partial charge in [-0.15, -0.1) is 11.3 Å². The number of morpholine rings is 1. The van der Waals surface area contributed by atoms with Crippen LogP contribution in [0.3, 0.4) is 0 Å². The lowest BCUT2D eigenvalue weighted by molar-refractivity contribution is 0.0360. The van der Waals surface area contributed by atoms with Crippen molar-refractivity contribution < 1.29 is 9.53 Å². The Labute approximate surface area is 226 Å². The van der Waals surface area contributed by atoms with Crippen LogP contribution in [-0.2, 0) is 30.8 Å². The molecule has 7 nitrogen and oxygen atoms in total. The quantitative estimate of drug-likeness (QED) is 0.365. The van der Waals surface area contributed by atoms with Gasteiger partial charge in [0.25, 0.3) is 5.91 Å². The number of hydrogen-bond donors (Lipinski definition) is 0. The van der Waals surface area contributed by atoms with Crippen molar-refractivity contribution in [3.8, 4) is 11.3 Å². The van der Waals surface area contributed by atoms with E-state index >= 15 is 0 Å². The minimum Gasteiger partial charge on any atom is -0.379 e. The zero-order valence-electron chi connectivity index (χ0n) is 21.4. The van der Waals surface area contributed by atoms with Crippen LogP contribution in [-0.4, -0.2) is 64.2 Å². The van der Waals surface area contributed by atoms with Crippen molar-refractivity contribution in [3.63, 3.8) is 0 Å². The van der Waals surface area contributed by atoms with Gasteiger partial charge in [0.15, 0.2) is 0 Å². The average Bonchev–Trinajstić information content (AvgIpc) is 3.58. The smallest absolute Gasteiger partial charge is 0.329 e. The number of nitrogens with zero attached hydrogens (tertiary/aromatic N) is 4. The van der Waals surface area contributed by atoms with Crippen LogP contribution < -0.4 is 5.69 Å². The number of amides is 1. The van der Waals surface area contributed by atoms with Gasteiger partial charge in [0.2, 0.25) is 0 Å². The molecule has 2 aliphatic rings. The Kier molecular flexibility index (Phi) is 7.27. The molecule has 1 fully saturated rings. The van der Waals surface area contributed by atoms with Gasteiger partial charge in [-0.05, 0) is 29.0 Å². The number of thiophene rings is 1. The van der Waals surface area contributed by atoms with Crippen molar-refractivity contribution >= 4 is 17.2 Å². The minimum atomic E-state index is -0.133. The topological polar surface area (TPSA) is 59.7 Å². The summed E-state index contributed by atoms with van der Waals surface area (Å²) < 4.78 is 9.04. The fourth-order valence-corrected chi connectivity index (χ4v) is 6.19. The molecule has 8 heteroatoms. The van der Waals surface area contributed by atoms with Gasteiger partial charge < -0.3 is 9.64 Å². The van der Waals surface area contributed by atoms with Gasteiger partial charge in [0.05, 0.1) is 25.5 Å². The highest BCUT2D eigenvalue weighted by molar-refractivity contribution is 7.09. The Morgan fingerprint density at radius 3 is 2.37 bits per heavy atom. The molecule has 6 rings (SSSR count). The number of rotatable bonds is 7. The first kappa shape index (κ1) is 24.9. The van der Waals surface area contributed by atoms with Gasteiger partial charge in [-0.2, -0.15) is 0 Å². The first-order valence-electron chi connectivity index (χ1n) is 13.3. The van der Waals surface area contributed by atoms with E-state index in [2.05, 4.69) is 23.1 Å². The highest BCUT2D eigenvalue weighted by atomic mass is 32.1. The van der Waals surface area contributed by atoms with E-state index < -0.39 is 0 Å². The molecule has 1 amide bonds. The largest absolute Gasteiger partial charge is 0.379 e. The SMILES string of the molecule is O=C(c1c(-c2ccccc2)n(Cc2cccs2)c(=O)n1CCN1CCOCC1)N1CCc2ccccc2C1. The van der Waals surface area contributed by atoms with E-state index in [-0.39, 0.29) is 11.6 Å². The van der Waals surface area contributed by atoms with Gasteiger partial charge in [-0.25, -0.2) is 4.79 Å². The number of imidazole rings is 1. The first-order valence-corrected chi connectivity index (χ1v) is 14.1. The summed E-state index contributed by atoms with van der Waals surface area (Å²) >= 11 is 1.62. The van der Waals surface area contributed by atoms with Crippen molar-refractivity contribution in [2.75, 3.05) is 39.4 Å². The molecule has 1 saturated heterocycles. The fourth-order valence-electron chi connectivity index (χ4n) is 5.50. The first-order chi connectivity index (χ1) is 18.7. The van der Waals surface area contributed by atoms with Gasteiger partial charge in [-0.3, -0.25) is 18.8 Å². The highest BCUT2D eigenvalue weighted by Crippen LogP contribution is 2.28. The standard InChI is InChI=1S/C30H32N4O3S/c35-29(32-13-12-23-7-4-5-10-25(23)21-32)28-27(24-8-2-1-3-9-24)34(22-26-11-6-20-38-26)30(36)33(28)15-14-31-16-18-37-19-17-31/h1-11,20H,12-19,21-22H2. The van der Waals surface area contributed by atoms with Crippen LogP contribution >= 0.6 is 11.3 Å². The second-order valence-electron chi connectivity index (χ2n) is 9.86. The molecule has 196 valence electrons. The molecule has 4 heterocycles. The molecule has 2 aromatic carbocycles. The summed E-state index contributed by atoms with van der Waals surface area (Å²) in [5.41, 5.74) is 4.41. The maximum Gasteiger partial charge on any atom is 0.329 e. The van der Waals surface area contributed by atoms with Gasteiger partial charge >= 0.3 is 5.69 Å². The third kappa shape index (κ3) is 4.99. The van der Waals surface area contributed by atoms with Crippen molar-refractivity contribution in [2.45, 2.75) is 26.1 Å². The van der Waals surface area contributed by atoms with Crippen LogP contribution in [0.5, 0.6) is 0 Å². The van der Waals surface area contributed by atoms with E-state index in [0.29, 0.717) is 57.3 Å². The summed E-state index contributed by atoms with van der Waals surface area (Å²) in [6, 6.07) is 22.2. The lowest BCUT2D eigenvalue weighted by Gasteiger charge is -2.30. The third-order valence-corrected chi connectivity index (χ3v) is 8.39. The Balaban J connectivity index is 1.45. The van der Waals surface area contributed by atoms with Crippen molar-refractivity contribution in [1.29, 1.82) is 0 Å². The number of carbonyl (C=O) groups is 1. The van der Waals surface area contributed by atoms with Crippen LogP contribution in [0.2, 0.25) is 0 Å². The highest BCUT2D eigenvalue weighted by Gasteiger charge is 2.31. The molecular weight excluding hydrogens is 496 g/mol. The number of aromatic nitrogens is 2. The van der Waals surface area contributed by atoms with Gasteiger partial charge in [0.1, 0.15) is 5.69 Å². The average molecular weight is 529 g/mol. The monoisotopic (exact) mass is 528 g/mol. The Morgan fingerprint density at radius 1 is 0.842 bits per heavy atom. The predicted molar refractivity (Wildman–Crippen MR) is 150 cm³/mol. The van der Waals surface area contributed by atoms with Crippen LogP contribution in [0.4, 0.5) is 0 Å². The molecule has 0 aliphatic carbocycles. The number of benzene rings is 2. The fraction of sp³-hybridized carbons (Fsp3) is 0.333. The maximum absolute atomic E-state index is 14.4. The maximum atomic E-state index is 14.4. The van der Waals surface area contributed by atoms with Crippen molar-refractivity contribution in [1.82, 2.24) is 18.9 Å². The van der Waals surface area contributed by atoms with Crippen LogP contribution in [0.15, 0.2) is 76.9 Å². The Hall–Kier alpha value is -3.46. The predicted octanol–water partition coefficient (Wildman–Crippen LogP) is 3.96. The van der Waals surface area contributed by atoms with E-state index in [4.69, 9.17) is 4.74 Å². The molecule has 0 N–H and O–H groups in total. The molecule has 2 aromatic heterocycles. The lowest BCUT2D eigenvalue weighted by atomic mass is 9.99. The summed E-state index contributed by atoms with van der Waals surface area (Å²) in [5.74, 6) is -0.0811. The summed E-state index contributed by atoms with van der Waals surface area (Å²) in [7, 11) is 0. The molecule has 38 heavy (non-hydrogen) atoms. The van der Waals surface area contributed by atoms with E-state index in [1.165, 1.54) is 11.1 Å². The number of fused-ring (bicyclic) bond motifs is 1. The molecule has 4 aromatic rings. The minimum absolute atomic E-state index is 0.0811. The summed E-state index contributed by atoms with van der Waals surface area (Å²) in [4.78, 5) is 33.7. The summed E-state index contributed by atoms with van der Waals surface area (Å²) in [5, 5.41) is 2.02. The summed E-state index contributed by atoms with van der Waals surface area (Å²) in [6.45, 7) is 5.85. The lowest BCUT2D eigenvalue weighted by Crippen LogP contribution is -2.41. The Bertz CT molecular complexity index is 1450. The molecule has 0 radical (unpaired) electrons. The van der Waals surface area contributed by atoms with E-state index in [1.54, 1.807) is 20.5 Å². The molecule has 0 saturated carbocycles. The molecule has 0 unspecified atom stereocenters. The molecule has 2 aliphatic heterocycles. The molecular formula is C30H32N4O3S. The summed E-state index contributed by atoms with van der Waals surface area (Å²) in [6.07, 6.45) is 0.816. The van der Waals surface area contributed by atoms with Gasteiger partial charge in [-0.1, -0.05) is 60.7 Å². The van der Waals surface area contributed by atoms with E-state index in [9.17, 15) is 9.59 Å². The molecule has 0 atom stereocenters. The zero-order valence-corrected chi connectivity index (χ0v) is 22.2. The van der Waals surface area contributed by atoms with Crippen LogP contribution in [0.1, 0.15) is 26.5 Å². The number of ether oxygens (including phenoxy) is 1.